The molecule has 158 valence electrons. The van der Waals surface area contributed by atoms with E-state index >= 15 is 0 Å². The van der Waals surface area contributed by atoms with Gasteiger partial charge in [0, 0.05) is 29.7 Å². The van der Waals surface area contributed by atoms with Crippen molar-refractivity contribution in [2.75, 3.05) is 38.7 Å². The Labute approximate surface area is 174 Å². The number of carbonyl (C=O) groups is 1. The number of nitrogens with one attached hydrogen (secondary N) is 1. The number of morpholine rings is 1. The first-order valence-corrected chi connectivity index (χ1v) is 10.9. The van der Waals surface area contributed by atoms with Gasteiger partial charge in [-0.15, -0.1) is 0 Å². The third kappa shape index (κ3) is 4.18. The van der Waals surface area contributed by atoms with Crippen LogP contribution in [0.3, 0.4) is 0 Å². The van der Waals surface area contributed by atoms with E-state index in [1.807, 2.05) is 6.07 Å². The number of hydrogen-bond acceptors (Lipinski definition) is 6. The Morgan fingerprint density at radius 2 is 1.87 bits per heavy atom. The molecule has 8 nitrogen and oxygen atoms in total. The topological polar surface area (TPSA) is 98.1 Å². The van der Waals surface area contributed by atoms with E-state index in [4.69, 9.17) is 13.9 Å². The van der Waals surface area contributed by atoms with Crippen LogP contribution in [-0.2, 0) is 26.0 Å². The van der Waals surface area contributed by atoms with E-state index in [-0.39, 0.29) is 17.2 Å². The molecule has 0 aliphatic carbocycles. The zero-order valence-corrected chi connectivity index (χ0v) is 17.3. The van der Waals surface area contributed by atoms with Gasteiger partial charge in [0.2, 0.25) is 15.9 Å². The summed E-state index contributed by atoms with van der Waals surface area (Å²) in [6.07, 6.45) is 1.68. The Morgan fingerprint density at radius 3 is 2.57 bits per heavy atom. The van der Waals surface area contributed by atoms with Crippen LogP contribution >= 0.6 is 0 Å². The van der Waals surface area contributed by atoms with Gasteiger partial charge < -0.3 is 19.2 Å². The van der Waals surface area contributed by atoms with E-state index in [0.29, 0.717) is 43.3 Å². The zero-order valence-electron chi connectivity index (χ0n) is 16.5. The molecule has 0 saturated carbocycles. The minimum atomic E-state index is -3.56. The molecule has 0 bridgehead atoms. The number of sulfonamides is 1. The number of anilines is 1. The van der Waals surface area contributed by atoms with Crippen LogP contribution in [0.5, 0.6) is 5.75 Å². The minimum absolute atomic E-state index is 0.119. The van der Waals surface area contributed by atoms with Crippen molar-refractivity contribution < 1.29 is 27.1 Å². The van der Waals surface area contributed by atoms with E-state index in [1.54, 1.807) is 37.6 Å². The highest BCUT2D eigenvalue weighted by Crippen LogP contribution is 2.26. The number of ether oxygens (including phenoxy) is 2. The summed E-state index contributed by atoms with van der Waals surface area (Å²) in [6.45, 7) is 1.46. The van der Waals surface area contributed by atoms with Crippen LogP contribution in [0.15, 0.2) is 58.0 Å². The molecular formula is C21H22N2O6S. The Balaban J connectivity index is 1.44. The lowest BCUT2D eigenvalue weighted by molar-refractivity contribution is -0.115. The summed E-state index contributed by atoms with van der Waals surface area (Å²) >= 11 is 0. The second-order valence-electron chi connectivity index (χ2n) is 6.89. The van der Waals surface area contributed by atoms with Crippen molar-refractivity contribution in [3.05, 3.63) is 54.3 Å². The van der Waals surface area contributed by atoms with Gasteiger partial charge in [-0.2, -0.15) is 4.31 Å². The average molecular weight is 430 g/mol. The van der Waals surface area contributed by atoms with Crippen LogP contribution in [0.1, 0.15) is 5.56 Å². The Hall–Kier alpha value is -2.88. The molecule has 0 atom stereocenters. The lowest BCUT2D eigenvalue weighted by Crippen LogP contribution is -2.40. The summed E-state index contributed by atoms with van der Waals surface area (Å²) in [5, 5.41) is 3.61. The van der Waals surface area contributed by atoms with Crippen molar-refractivity contribution in [3.63, 3.8) is 0 Å². The van der Waals surface area contributed by atoms with Crippen LogP contribution in [-0.4, -0.2) is 52.0 Å². The van der Waals surface area contributed by atoms with Crippen LogP contribution in [0.25, 0.3) is 11.0 Å². The van der Waals surface area contributed by atoms with Gasteiger partial charge >= 0.3 is 0 Å². The maximum absolute atomic E-state index is 12.7. The van der Waals surface area contributed by atoms with Crippen molar-refractivity contribution in [1.82, 2.24) is 4.31 Å². The SMILES string of the molecule is COc1ccc2occ(CC(=O)Nc3ccc(S(=O)(=O)N4CCOCC4)cc3)c2c1. The molecule has 1 aliphatic rings. The molecule has 1 aliphatic heterocycles. The van der Waals surface area contributed by atoms with Crippen LogP contribution < -0.4 is 10.1 Å². The lowest BCUT2D eigenvalue weighted by Gasteiger charge is -2.26. The number of fused-ring (bicyclic) bond motifs is 1. The largest absolute Gasteiger partial charge is 0.497 e. The van der Waals surface area contributed by atoms with Crippen molar-refractivity contribution in [3.8, 4) is 5.75 Å². The first kappa shape index (κ1) is 20.4. The second-order valence-corrected chi connectivity index (χ2v) is 8.83. The maximum atomic E-state index is 12.7. The quantitative estimate of drug-likeness (QED) is 0.646. The van der Waals surface area contributed by atoms with Gasteiger partial charge in [0.1, 0.15) is 11.3 Å². The molecule has 0 spiro atoms. The first-order chi connectivity index (χ1) is 14.5. The molecule has 0 radical (unpaired) electrons. The molecule has 4 rings (SSSR count). The molecule has 1 saturated heterocycles. The Morgan fingerprint density at radius 1 is 1.13 bits per heavy atom. The number of amides is 1. The number of rotatable bonds is 6. The summed E-state index contributed by atoms with van der Waals surface area (Å²) in [7, 11) is -1.98. The van der Waals surface area contributed by atoms with Crippen LogP contribution in [0, 0.1) is 0 Å². The van der Waals surface area contributed by atoms with Crippen molar-refractivity contribution >= 4 is 32.6 Å². The highest BCUT2D eigenvalue weighted by molar-refractivity contribution is 7.89. The number of furan rings is 1. The van der Waals surface area contributed by atoms with E-state index in [1.165, 1.54) is 16.4 Å². The predicted octanol–water partition coefficient (Wildman–Crippen LogP) is 2.64. The monoisotopic (exact) mass is 430 g/mol. The van der Waals surface area contributed by atoms with Gasteiger partial charge in [0.05, 0.1) is 37.9 Å². The van der Waals surface area contributed by atoms with Gasteiger partial charge in [-0.25, -0.2) is 8.42 Å². The molecular weight excluding hydrogens is 408 g/mol. The van der Waals surface area contributed by atoms with Gasteiger partial charge in [0.25, 0.3) is 0 Å². The fraction of sp³-hybridized carbons (Fsp3) is 0.286. The molecule has 1 N–H and O–H groups in total. The second kappa shape index (κ2) is 8.47. The maximum Gasteiger partial charge on any atom is 0.243 e. The van der Waals surface area contributed by atoms with Gasteiger partial charge in [0.15, 0.2) is 0 Å². The third-order valence-electron chi connectivity index (χ3n) is 4.96. The fourth-order valence-corrected chi connectivity index (χ4v) is 4.76. The normalized spacial score (nSPS) is 15.2. The molecule has 2 aromatic carbocycles. The van der Waals surface area contributed by atoms with Crippen LogP contribution in [0.4, 0.5) is 5.69 Å². The van der Waals surface area contributed by atoms with E-state index in [0.717, 1.165) is 10.9 Å². The smallest absolute Gasteiger partial charge is 0.243 e. The summed E-state index contributed by atoms with van der Waals surface area (Å²) in [4.78, 5) is 12.7. The Kier molecular flexibility index (Phi) is 5.76. The minimum Gasteiger partial charge on any atom is -0.497 e. The molecule has 1 amide bonds. The number of carbonyl (C=O) groups excluding carboxylic acids is 1. The van der Waals surface area contributed by atoms with E-state index in [2.05, 4.69) is 5.32 Å². The summed E-state index contributed by atoms with van der Waals surface area (Å²) in [6, 6.07) is 11.6. The molecule has 1 fully saturated rings. The number of hydrogen-bond donors (Lipinski definition) is 1. The van der Waals surface area contributed by atoms with E-state index < -0.39 is 10.0 Å². The van der Waals surface area contributed by atoms with Crippen molar-refractivity contribution in [1.29, 1.82) is 0 Å². The third-order valence-corrected chi connectivity index (χ3v) is 6.87. The number of benzene rings is 2. The van der Waals surface area contributed by atoms with Crippen LogP contribution in [0.2, 0.25) is 0 Å². The lowest BCUT2D eigenvalue weighted by atomic mass is 10.1. The highest BCUT2D eigenvalue weighted by Gasteiger charge is 2.26. The van der Waals surface area contributed by atoms with Crippen molar-refractivity contribution in [2.24, 2.45) is 0 Å². The van der Waals surface area contributed by atoms with E-state index in [9.17, 15) is 13.2 Å². The molecule has 1 aromatic heterocycles. The zero-order chi connectivity index (χ0) is 21.1. The van der Waals surface area contributed by atoms with Gasteiger partial charge in [-0.1, -0.05) is 0 Å². The summed E-state index contributed by atoms with van der Waals surface area (Å²) in [5.74, 6) is 0.451. The molecule has 3 aromatic rings. The Bertz CT molecular complexity index is 1150. The fourth-order valence-electron chi connectivity index (χ4n) is 3.35. The standard InChI is InChI=1S/C21H22N2O6S/c1-27-17-4-7-20-19(13-17)15(14-29-20)12-21(24)22-16-2-5-18(6-3-16)30(25,26)23-8-10-28-11-9-23/h2-7,13-14H,8-12H2,1H3,(H,22,24). The first-order valence-electron chi connectivity index (χ1n) is 9.49. The average Bonchev–Trinajstić information content (AvgIpc) is 3.16. The number of nitrogens with zero attached hydrogens (tertiary/aromatic N) is 1. The predicted molar refractivity (Wildman–Crippen MR) is 111 cm³/mol. The van der Waals surface area contributed by atoms with Gasteiger partial charge in [-0.3, -0.25) is 4.79 Å². The summed E-state index contributed by atoms with van der Waals surface area (Å²) in [5.41, 5.74) is 1.94. The molecule has 2 heterocycles. The van der Waals surface area contributed by atoms with Crippen molar-refractivity contribution in [2.45, 2.75) is 11.3 Å². The molecule has 30 heavy (non-hydrogen) atoms. The molecule has 0 unspecified atom stereocenters. The summed E-state index contributed by atoms with van der Waals surface area (Å²) < 4.78 is 42.7. The highest BCUT2D eigenvalue weighted by atomic mass is 32.2. The number of methoxy groups -OCH3 is 1. The van der Waals surface area contributed by atoms with Gasteiger partial charge in [-0.05, 0) is 42.5 Å². The molecule has 9 heteroatoms.